The second kappa shape index (κ2) is 6.78. The van der Waals surface area contributed by atoms with Crippen LogP contribution in [0.15, 0.2) is 41.4 Å². The van der Waals surface area contributed by atoms with Gasteiger partial charge in [-0.3, -0.25) is 4.99 Å². The molecule has 0 radical (unpaired) electrons. The van der Waals surface area contributed by atoms with E-state index >= 15 is 0 Å². The van der Waals surface area contributed by atoms with Crippen molar-refractivity contribution in [1.82, 2.24) is 0 Å². The molecule has 0 bridgehead atoms. The number of halogens is 1. The van der Waals surface area contributed by atoms with Crippen LogP contribution in [0.25, 0.3) is 0 Å². The third-order valence-electron chi connectivity index (χ3n) is 5.84. The Morgan fingerprint density at radius 3 is 2.37 bits per heavy atom. The maximum Gasteiger partial charge on any atom is 0.134 e. The van der Waals surface area contributed by atoms with E-state index in [9.17, 15) is 4.39 Å². The van der Waals surface area contributed by atoms with Crippen LogP contribution < -0.4 is 4.90 Å². The number of aliphatic imine (C=N–C) groups is 1. The fraction of sp³-hybridized carbons (Fsp3) is 0.458. The minimum atomic E-state index is -0.222. The standard InChI is InChI=1S/C24H31FN2/c1-16-14-24(5,6)27(7)22-13-21(25)17(12-20(16)22)15-26-19-10-8-18(9-11-19)23(2,3)4/h8-13,15-16H,14H2,1-7H3. The van der Waals surface area contributed by atoms with E-state index in [1.807, 2.05) is 18.2 Å². The summed E-state index contributed by atoms with van der Waals surface area (Å²) in [6.45, 7) is 13.2. The molecule has 0 saturated heterocycles. The van der Waals surface area contributed by atoms with E-state index in [-0.39, 0.29) is 16.8 Å². The van der Waals surface area contributed by atoms with Gasteiger partial charge in [0.15, 0.2) is 0 Å². The molecule has 1 atom stereocenters. The molecule has 0 spiro atoms. The molecule has 2 nitrogen and oxygen atoms in total. The highest BCUT2D eigenvalue weighted by atomic mass is 19.1. The summed E-state index contributed by atoms with van der Waals surface area (Å²) in [7, 11) is 2.05. The quantitative estimate of drug-likeness (QED) is 0.547. The molecule has 1 unspecified atom stereocenters. The van der Waals surface area contributed by atoms with Crippen LogP contribution in [0.1, 0.15) is 70.6 Å². The van der Waals surface area contributed by atoms with Gasteiger partial charge in [-0.25, -0.2) is 4.39 Å². The van der Waals surface area contributed by atoms with Crippen LogP contribution in [0.2, 0.25) is 0 Å². The van der Waals surface area contributed by atoms with Crippen molar-refractivity contribution >= 4 is 17.6 Å². The topological polar surface area (TPSA) is 15.6 Å². The second-order valence-electron chi connectivity index (χ2n) is 9.46. The Bertz CT molecular complexity index is 857. The summed E-state index contributed by atoms with van der Waals surface area (Å²) in [5.74, 6) is 0.172. The van der Waals surface area contributed by atoms with Gasteiger partial charge in [0.25, 0.3) is 0 Å². The van der Waals surface area contributed by atoms with Crippen LogP contribution in [0.4, 0.5) is 15.8 Å². The van der Waals surface area contributed by atoms with E-state index < -0.39 is 0 Å². The number of fused-ring (bicyclic) bond motifs is 1. The molecule has 1 aliphatic heterocycles. The number of hydrogen-bond donors (Lipinski definition) is 0. The minimum Gasteiger partial charge on any atom is -0.369 e. The maximum atomic E-state index is 14.7. The molecule has 0 saturated carbocycles. The molecular weight excluding hydrogens is 335 g/mol. The Kier molecular flexibility index (Phi) is 4.92. The van der Waals surface area contributed by atoms with Crippen LogP contribution >= 0.6 is 0 Å². The molecule has 2 aromatic rings. The van der Waals surface area contributed by atoms with E-state index in [1.54, 1.807) is 12.3 Å². The zero-order valence-corrected chi connectivity index (χ0v) is 17.6. The molecule has 144 valence electrons. The largest absolute Gasteiger partial charge is 0.369 e. The first-order valence-electron chi connectivity index (χ1n) is 9.71. The van der Waals surface area contributed by atoms with Crippen molar-refractivity contribution in [3.8, 4) is 0 Å². The molecule has 27 heavy (non-hydrogen) atoms. The number of benzene rings is 2. The highest BCUT2D eigenvalue weighted by molar-refractivity contribution is 5.84. The fourth-order valence-corrected chi connectivity index (χ4v) is 3.90. The zero-order chi connectivity index (χ0) is 20.0. The smallest absolute Gasteiger partial charge is 0.134 e. The van der Waals surface area contributed by atoms with Gasteiger partial charge in [0.2, 0.25) is 0 Å². The molecule has 2 aromatic carbocycles. The lowest BCUT2D eigenvalue weighted by molar-refractivity contribution is 0.394. The number of rotatable bonds is 2. The second-order valence-corrected chi connectivity index (χ2v) is 9.46. The Morgan fingerprint density at radius 2 is 1.78 bits per heavy atom. The molecule has 0 aliphatic carbocycles. The van der Waals surface area contributed by atoms with Crippen molar-refractivity contribution in [2.45, 2.75) is 64.8 Å². The van der Waals surface area contributed by atoms with Crippen LogP contribution in [0, 0.1) is 5.82 Å². The highest BCUT2D eigenvalue weighted by Gasteiger charge is 2.34. The summed E-state index contributed by atoms with van der Waals surface area (Å²) in [6.07, 6.45) is 2.70. The van der Waals surface area contributed by atoms with Gasteiger partial charge in [-0.15, -0.1) is 0 Å². The summed E-state index contributed by atoms with van der Waals surface area (Å²) in [4.78, 5) is 6.70. The van der Waals surface area contributed by atoms with Gasteiger partial charge >= 0.3 is 0 Å². The average Bonchev–Trinajstić information content (AvgIpc) is 2.57. The first-order valence-corrected chi connectivity index (χ1v) is 9.71. The first-order chi connectivity index (χ1) is 12.5. The van der Waals surface area contributed by atoms with Gasteiger partial charge in [0.05, 0.1) is 5.69 Å². The molecule has 3 rings (SSSR count). The van der Waals surface area contributed by atoms with Crippen molar-refractivity contribution < 1.29 is 4.39 Å². The van der Waals surface area contributed by atoms with Gasteiger partial charge in [0, 0.05) is 30.1 Å². The third-order valence-corrected chi connectivity index (χ3v) is 5.84. The Balaban J connectivity index is 1.90. The predicted molar refractivity (Wildman–Crippen MR) is 114 cm³/mol. The van der Waals surface area contributed by atoms with Crippen LogP contribution in [-0.4, -0.2) is 18.8 Å². The first kappa shape index (κ1) is 19.6. The van der Waals surface area contributed by atoms with Crippen molar-refractivity contribution in [2.24, 2.45) is 4.99 Å². The summed E-state index contributed by atoms with van der Waals surface area (Å²) < 4.78 is 14.7. The van der Waals surface area contributed by atoms with Gasteiger partial charge in [-0.05, 0) is 67.0 Å². The molecule has 0 amide bonds. The van der Waals surface area contributed by atoms with Crippen LogP contribution in [-0.2, 0) is 5.41 Å². The molecule has 1 heterocycles. The molecule has 0 N–H and O–H groups in total. The van der Waals surface area contributed by atoms with Crippen molar-refractivity contribution in [3.63, 3.8) is 0 Å². The minimum absolute atomic E-state index is 0.0310. The summed E-state index contributed by atoms with van der Waals surface area (Å²) in [5, 5.41) is 0. The van der Waals surface area contributed by atoms with Gasteiger partial charge in [-0.2, -0.15) is 0 Å². The number of nitrogens with zero attached hydrogens (tertiary/aromatic N) is 2. The Morgan fingerprint density at radius 1 is 1.15 bits per heavy atom. The van der Waals surface area contributed by atoms with Gasteiger partial charge in [-0.1, -0.05) is 39.8 Å². The lowest BCUT2D eigenvalue weighted by Gasteiger charge is -2.45. The predicted octanol–water partition coefficient (Wildman–Crippen LogP) is 6.60. The normalized spacial score (nSPS) is 19.4. The summed E-state index contributed by atoms with van der Waals surface area (Å²) in [6, 6.07) is 11.8. The van der Waals surface area contributed by atoms with Crippen LogP contribution in [0.5, 0.6) is 0 Å². The Hall–Kier alpha value is -2.16. The van der Waals surface area contributed by atoms with Crippen LogP contribution in [0.3, 0.4) is 0 Å². The summed E-state index contributed by atoms with van der Waals surface area (Å²) in [5.41, 5.74) is 4.98. The molecule has 0 aromatic heterocycles. The molecule has 0 fully saturated rings. The number of hydrogen-bond acceptors (Lipinski definition) is 2. The maximum absolute atomic E-state index is 14.7. The molecule has 3 heteroatoms. The van der Waals surface area contributed by atoms with E-state index in [4.69, 9.17) is 0 Å². The monoisotopic (exact) mass is 366 g/mol. The van der Waals surface area contributed by atoms with E-state index in [2.05, 4.69) is 70.6 Å². The molecule has 1 aliphatic rings. The lowest BCUT2D eigenvalue weighted by Crippen LogP contribution is -2.45. The van der Waals surface area contributed by atoms with Gasteiger partial charge < -0.3 is 4.90 Å². The number of anilines is 1. The highest BCUT2D eigenvalue weighted by Crippen LogP contribution is 2.43. The molecular formula is C24H31FN2. The average molecular weight is 367 g/mol. The fourth-order valence-electron chi connectivity index (χ4n) is 3.90. The van der Waals surface area contributed by atoms with Crippen molar-refractivity contribution in [3.05, 3.63) is 58.9 Å². The van der Waals surface area contributed by atoms with E-state index in [0.29, 0.717) is 11.5 Å². The van der Waals surface area contributed by atoms with Gasteiger partial charge in [0.1, 0.15) is 5.82 Å². The third kappa shape index (κ3) is 3.92. The van der Waals surface area contributed by atoms with Crippen molar-refractivity contribution in [2.75, 3.05) is 11.9 Å². The summed E-state index contributed by atoms with van der Waals surface area (Å²) >= 11 is 0. The zero-order valence-electron chi connectivity index (χ0n) is 17.6. The van der Waals surface area contributed by atoms with E-state index in [1.165, 1.54) is 11.1 Å². The SMILES string of the molecule is CC1CC(C)(C)N(C)c2cc(F)c(C=Nc3ccc(C(C)(C)C)cc3)cc21. The van der Waals surface area contributed by atoms with E-state index in [0.717, 1.165) is 17.8 Å². The lowest BCUT2D eigenvalue weighted by atomic mass is 9.80. The van der Waals surface area contributed by atoms with Crippen molar-refractivity contribution in [1.29, 1.82) is 0 Å². The Labute approximate surface area is 163 Å².